The van der Waals surface area contributed by atoms with E-state index < -0.39 is 0 Å². The Morgan fingerprint density at radius 3 is 2.78 bits per heavy atom. The summed E-state index contributed by atoms with van der Waals surface area (Å²) in [4.78, 5) is 12.7. The molecule has 1 amide bonds. The van der Waals surface area contributed by atoms with Crippen LogP contribution >= 0.6 is 12.6 Å². The minimum Gasteiger partial charge on any atom is -0.345 e. The molecule has 1 aromatic heterocycles. The minimum atomic E-state index is -0.128. The molecular formula is C13H15N3OS. The first-order valence-electron chi connectivity index (χ1n) is 5.65. The predicted octanol–water partition coefficient (Wildman–Crippen LogP) is 2.20. The molecule has 0 radical (unpaired) electrons. The van der Waals surface area contributed by atoms with Gasteiger partial charge in [-0.3, -0.25) is 9.48 Å². The first-order valence-corrected chi connectivity index (χ1v) is 6.10. The fraction of sp³-hybridized carbons (Fsp3) is 0.231. The maximum atomic E-state index is 12.1. The van der Waals surface area contributed by atoms with Crippen LogP contribution in [0.15, 0.2) is 41.6 Å². The lowest BCUT2D eigenvalue weighted by Gasteiger charge is -2.13. The summed E-state index contributed by atoms with van der Waals surface area (Å²) in [5, 5.41) is 7.01. The smallest absolute Gasteiger partial charge is 0.252 e. The summed E-state index contributed by atoms with van der Waals surface area (Å²) in [7, 11) is 1.85. The summed E-state index contributed by atoms with van der Waals surface area (Å²) in [6.45, 7) is 1.93. The Balaban J connectivity index is 2.10. The number of aromatic nitrogens is 2. The van der Waals surface area contributed by atoms with Crippen LogP contribution in [-0.4, -0.2) is 15.7 Å². The van der Waals surface area contributed by atoms with Crippen LogP contribution in [0.4, 0.5) is 0 Å². The van der Waals surface area contributed by atoms with Crippen molar-refractivity contribution in [3.8, 4) is 0 Å². The van der Waals surface area contributed by atoms with Crippen LogP contribution in [0.1, 0.15) is 28.9 Å². The minimum absolute atomic E-state index is 0.0841. The zero-order chi connectivity index (χ0) is 13.1. The van der Waals surface area contributed by atoms with Gasteiger partial charge in [-0.05, 0) is 19.1 Å². The van der Waals surface area contributed by atoms with Crippen molar-refractivity contribution in [2.24, 2.45) is 7.05 Å². The molecule has 5 heteroatoms. The zero-order valence-electron chi connectivity index (χ0n) is 10.3. The molecule has 0 aliphatic rings. The number of carbonyl (C=O) groups is 1. The molecule has 1 N–H and O–H groups in total. The Labute approximate surface area is 111 Å². The van der Waals surface area contributed by atoms with Crippen LogP contribution in [0, 0.1) is 0 Å². The van der Waals surface area contributed by atoms with Gasteiger partial charge in [-0.2, -0.15) is 5.10 Å². The maximum Gasteiger partial charge on any atom is 0.252 e. The predicted molar refractivity (Wildman–Crippen MR) is 72.8 cm³/mol. The van der Waals surface area contributed by atoms with E-state index in [0.717, 1.165) is 5.56 Å². The highest BCUT2D eigenvalue weighted by molar-refractivity contribution is 7.80. The SMILES string of the molecule is CC(NC(=O)c1ccccc1S)c1cnn(C)c1. The molecule has 0 aliphatic heterocycles. The topological polar surface area (TPSA) is 46.9 Å². The van der Waals surface area contributed by atoms with Gasteiger partial charge in [0, 0.05) is 23.7 Å². The first-order chi connectivity index (χ1) is 8.58. The van der Waals surface area contributed by atoms with Crippen LogP contribution < -0.4 is 5.32 Å². The lowest BCUT2D eigenvalue weighted by molar-refractivity contribution is 0.0937. The Kier molecular flexibility index (Phi) is 3.72. The third-order valence-electron chi connectivity index (χ3n) is 2.72. The van der Waals surface area contributed by atoms with Gasteiger partial charge in [-0.1, -0.05) is 12.1 Å². The molecule has 1 atom stereocenters. The third-order valence-corrected chi connectivity index (χ3v) is 3.11. The molecule has 2 rings (SSSR count). The number of amides is 1. The van der Waals surface area contributed by atoms with Crippen molar-refractivity contribution in [3.63, 3.8) is 0 Å². The van der Waals surface area contributed by atoms with Crippen molar-refractivity contribution >= 4 is 18.5 Å². The highest BCUT2D eigenvalue weighted by Gasteiger charge is 2.14. The molecule has 0 aliphatic carbocycles. The van der Waals surface area contributed by atoms with Crippen molar-refractivity contribution in [1.29, 1.82) is 0 Å². The van der Waals surface area contributed by atoms with Gasteiger partial charge in [-0.25, -0.2) is 0 Å². The molecule has 1 aromatic carbocycles. The molecule has 94 valence electrons. The number of hydrogen-bond acceptors (Lipinski definition) is 3. The third kappa shape index (κ3) is 2.73. The summed E-state index contributed by atoms with van der Waals surface area (Å²) < 4.78 is 1.71. The zero-order valence-corrected chi connectivity index (χ0v) is 11.2. The number of thiol groups is 1. The van der Waals surface area contributed by atoms with Gasteiger partial charge in [0.2, 0.25) is 0 Å². The monoisotopic (exact) mass is 261 g/mol. The largest absolute Gasteiger partial charge is 0.345 e. The lowest BCUT2D eigenvalue weighted by Crippen LogP contribution is -2.26. The lowest BCUT2D eigenvalue weighted by atomic mass is 10.1. The molecule has 0 saturated heterocycles. The van der Waals surface area contributed by atoms with Crippen molar-refractivity contribution in [3.05, 3.63) is 47.8 Å². The Morgan fingerprint density at radius 1 is 1.44 bits per heavy atom. The standard InChI is InChI=1S/C13H15N3OS/c1-9(10-7-14-16(2)8-10)15-13(17)11-5-3-4-6-12(11)18/h3-9,18H,1-2H3,(H,15,17). The maximum absolute atomic E-state index is 12.1. The van der Waals surface area contributed by atoms with Crippen molar-refractivity contribution in [2.75, 3.05) is 0 Å². The van der Waals surface area contributed by atoms with Crippen LogP contribution in [0.2, 0.25) is 0 Å². The quantitative estimate of drug-likeness (QED) is 0.832. The Hall–Kier alpha value is -1.75. The summed E-state index contributed by atoms with van der Waals surface area (Å²) in [5.41, 5.74) is 1.55. The van der Waals surface area contributed by atoms with Crippen LogP contribution in [-0.2, 0) is 7.05 Å². The molecule has 18 heavy (non-hydrogen) atoms. The summed E-state index contributed by atoms with van der Waals surface area (Å²) in [6.07, 6.45) is 3.63. The number of nitrogens with one attached hydrogen (secondary N) is 1. The van der Waals surface area contributed by atoms with Crippen molar-refractivity contribution in [1.82, 2.24) is 15.1 Å². The van der Waals surface area contributed by atoms with E-state index in [1.165, 1.54) is 0 Å². The first kappa shape index (κ1) is 12.7. The number of rotatable bonds is 3. The highest BCUT2D eigenvalue weighted by Crippen LogP contribution is 2.15. The molecular weight excluding hydrogens is 246 g/mol. The Bertz CT molecular complexity index is 565. The number of hydrogen-bond donors (Lipinski definition) is 2. The van der Waals surface area contributed by atoms with Crippen molar-refractivity contribution < 1.29 is 4.79 Å². The van der Waals surface area contributed by atoms with E-state index in [1.807, 2.05) is 32.3 Å². The highest BCUT2D eigenvalue weighted by atomic mass is 32.1. The molecule has 4 nitrogen and oxygen atoms in total. The second-order valence-electron chi connectivity index (χ2n) is 4.16. The molecule has 2 aromatic rings. The molecule has 0 bridgehead atoms. The average molecular weight is 261 g/mol. The molecule has 0 saturated carbocycles. The van der Waals surface area contributed by atoms with E-state index in [0.29, 0.717) is 10.5 Å². The summed E-state index contributed by atoms with van der Waals surface area (Å²) in [6, 6.07) is 7.15. The molecule has 1 heterocycles. The second kappa shape index (κ2) is 5.27. The fourth-order valence-electron chi connectivity index (χ4n) is 1.69. The van der Waals surface area contributed by atoms with Crippen molar-refractivity contribution in [2.45, 2.75) is 17.9 Å². The van der Waals surface area contributed by atoms with Gasteiger partial charge in [0.1, 0.15) is 0 Å². The van der Waals surface area contributed by atoms with Gasteiger partial charge in [-0.15, -0.1) is 12.6 Å². The number of nitrogens with zero attached hydrogens (tertiary/aromatic N) is 2. The number of aryl methyl sites for hydroxylation is 1. The van der Waals surface area contributed by atoms with E-state index in [2.05, 4.69) is 23.0 Å². The van der Waals surface area contributed by atoms with E-state index in [-0.39, 0.29) is 11.9 Å². The Morgan fingerprint density at radius 2 is 2.17 bits per heavy atom. The van der Waals surface area contributed by atoms with E-state index in [4.69, 9.17) is 0 Å². The fourth-order valence-corrected chi connectivity index (χ4v) is 1.95. The van der Waals surface area contributed by atoms with E-state index in [9.17, 15) is 4.79 Å². The van der Waals surface area contributed by atoms with Gasteiger partial charge in [0.15, 0.2) is 0 Å². The molecule has 0 spiro atoms. The van der Waals surface area contributed by atoms with Gasteiger partial charge in [0.05, 0.1) is 17.8 Å². The van der Waals surface area contributed by atoms with Crippen LogP contribution in [0.25, 0.3) is 0 Å². The molecule has 0 fully saturated rings. The van der Waals surface area contributed by atoms with Crippen LogP contribution in [0.5, 0.6) is 0 Å². The summed E-state index contributed by atoms with van der Waals surface area (Å²) >= 11 is 4.27. The van der Waals surface area contributed by atoms with Gasteiger partial charge >= 0.3 is 0 Å². The average Bonchev–Trinajstić information content (AvgIpc) is 2.76. The van der Waals surface area contributed by atoms with E-state index in [1.54, 1.807) is 23.0 Å². The normalized spacial score (nSPS) is 12.2. The van der Waals surface area contributed by atoms with E-state index >= 15 is 0 Å². The van der Waals surface area contributed by atoms with Crippen LogP contribution in [0.3, 0.4) is 0 Å². The number of carbonyl (C=O) groups excluding carboxylic acids is 1. The summed E-state index contributed by atoms with van der Waals surface area (Å²) in [5.74, 6) is -0.128. The second-order valence-corrected chi connectivity index (χ2v) is 4.64. The van der Waals surface area contributed by atoms with Gasteiger partial charge in [0.25, 0.3) is 5.91 Å². The number of benzene rings is 1. The molecule has 1 unspecified atom stereocenters. The van der Waals surface area contributed by atoms with Gasteiger partial charge < -0.3 is 5.32 Å².